The first kappa shape index (κ1) is 18.1. The summed E-state index contributed by atoms with van der Waals surface area (Å²) < 4.78 is 5.16. The zero-order valence-electron chi connectivity index (χ0n) is 15.2. The maximum atomic E-state index is 12.8. The van der Waals surface area contributed by atoms with Crippen LogP contribution in [0.25, 0.3) is 11.3 Å². The molecule has 1 heterocycles. The first-order valence-electron chi connectivity index (χ1n) is 8.56. The standard InChI is InChI=1S/C21H22N2O2S/c1-4-23(20(24)13-16-7-11-18(25-3)12-8-16)21-22-19(14-26-21)17-9-5-15(2)6-10-17/h5-12,14H,4,13H2,1-3H3. The number of thiazole rings is 1. The van der Waals surface area contributed by atoms with Gasteiger partial charge in [0, 0.05) is 17.5 Å². The smallest absolute Gasteiger partial charge is 0.233 e. The van der Waals surface area contributed by atoms with Crippen LogP contribution in [0.15, 0.2) is 53.9 Å². The highest BCUT2D eigenvalue weighted by atomic mass is 32.1. The molecule has 0 atom stereocenters. The second kappa shape index (κ2) is 8.15. The molecule has 4 nitrogen and oxygen atoms in total. The number of hydrogen-bond acceptors (Lipinski definition) is 4. The molecule has 3 aromatic rings. The van der Waals surface area contributed by atoms with Gasteiger partial charge in [-0.05, 0) is 31.5 Å². The quantitative estimate of drug-likeness (QED) is 0.634. The van der Waals surface area contributed by atoms with Crippen molar-refractivity contribution >= 4 is 22.4 Å². The van der Waals surface area contributed by atoms with Crippen molar-refractivity contribution in [2.24, 2.45) is 0 Å². The summed E-state index contributed by atoms with van der Waals surface area (Å²) in [6, 6.07) is 15.8. The molecule has 0 unspecified atom stereocenters. The van der Waals surface area contributed by atoms with Gasteiger partial charge in [-0.2, -0.15) is 0 Å². The van der Waals surface area contributed by atoms with Gasteiger partial charge in [0.1, 0.15) is 5.75 Å². The zero-order valence-corrected chi connectivity index (χ0v) is 16.0. The van der Waals surface area contributed by atoms with Crippen LogP contribution in [0.5, 0.6) is 5.75 Å². The molecule has 0 aliphatic carbocycles. The van der Waals surface area contributed by atoms with Crippen molar-refractivity contribution in [1.82, 2.24) is 4.98 Å². The monoisotopic (exact) mass is 366 g/mol. The van der Waals surface area contributed by atoms with Gasteiger partial charge in [0.05, 0.1) is 19.2 Å². The number of amides is 1. The number of ether oxygens (including phenoxy) is 1. The molecule has 0 saturated heterocycles. The lowest BCUT2D eigenvalue weighted by Gasteiger charge is -2.17. The minimum Gasteiger partial charge on any atom is -0.497 e. The van der Waals surface area contributed by atoms with E-state index in [1.165, 1.54) is 16.9 Å². The third-order valence-corrected chi connectivity index (χ3v) is 5.07. The number of nitrogens with zero attached hydrogens (tertiary/aromatic N) is 2. The Labute approximate surface area is 158 Å². The minimum atomic E-state index is 0.0440. The first-order chi connectivity index (χ1) is 12.6. The highest BCUT2D eigenvalue weighted by Gasteiger charge is 2.18. The number of aryl methyl sites for hydroxylation is 1. The number of rotatable bonds is 6. The Kier molecular flexibility index (Phi) is 5.68. The largest absolute Gasteiger partial charge is 0.497 e. The van der Waals surface area contributed by atoms with E-state index in [2.05, 4.69) is 36.2 Å². The number of carbonyl (C=O) groups is 1. The third kappa shape index (κ3) is 4.11. The second-order valence-electron chi connectivity index (χ2n) is 6.04. The SMILES string of the molecule is CCN(C(=O)Cc1ccc(OC)cc1)c1nc(-c2ccc(C)cc2)cs1. The lowest BCUT2D eigenvalue weighted by Crippen LogP contribution is -2.31. The van der Waals surface area contributed by atoms with E-state index in [0.29, 0.717) is 13.0 Å². The molecular formula is C21H22N2O2S. The Morgan fingerprint density at radius 1 is 1.12 bits per heavy atom. The molecule has 0 aliphatic heterocycles. The van der Waals surface area contributed by atoms with Crippen LogP contribution in [0, 0.1) is 6.92 Å². The highest BCUT2D eigenvalue weighted by Crippen LogP contribution is 2.28. The van der Waals surface area contributed by atoms with Gasteiger partial charge in [-0.15, -0.1) is 11.3 Å². The number of aromatic nitrogens is 1. The van der Waals surface area contributed by atoms with Crippen LogP contribution in [-0.2, 0) is 11.2 Å². The molecule has 5 heteroatoms. The van der Waals surface area contributed by atoms with Gasteiger partial charge in [0.15, 0.2) is 5.13 Å². The molecule has 1 aromatic heterocycles. The van der Waals surface area contributed by atoms with Crippen LogP contribution in [0.3, 0.4) is 0 Å². The molecular weight excluding hydrogens is 344 g/mol. The number of hydrogen-bond donors (Lipinski definition) is 0. The molecule has 0 saturated carbocycles. The van der Waals surface area contributed by atoms with Gasteiger partial charge >= 0.3 is 0 Å². The predicted molar refractivity (Wildman–Crippen MR) is 107 cm³/mol. The number of carbonyl (C=O) groups excluding carboxylic acids is 1. The van der Waals surface area contributed by atoms with E-state index >= 15 is 0 Å². The summed E-state index contributed by atoms with van der Waals surface area (Å²) in [5.41, 5.74) is 4.15. The lowest BCUT2D eigenvalue weighted by atomic mass is 10.1. The van der Waals surface area contributed by atoms with Crippen molar-refractivity contribution in [2.75, 3.05) is 18.6 Å². The van der Waals surface area contributed by atoms with Gasteiger partial charge in [-0.25, -0.2) is 4.98 Å². The van der Waals surface area contributed by atoms with Crippen LogP contribution < -0.4 is 9.64 Å². The van der Waals surface area contributed by atoms with Gasteiger partial charge in [-0.3, -0.25) is 9.69 Å². The van der Waals surface area contributed by atoms with Gasteiger partial charge in [0.2, 0.25) is 5.91 Å². The minimum absolute atomic E-state index is 0.0440. The maximum absolute atomic E-state index is 12.8. The third-order valence-electron chi connectivity index (χ3n) is 4.20. The molecule has 26 heavy (non-hydrogen) atoms. The molecule has 0 radical (unpaired) electrons. The number of anilines is 1. The molecule has 1 amide bonds. The van der Waals surface area contributed by atoms with E-state index < -0.39 is 0 Å². The van der Waals surface area contributed by atoms with Gasteiger partial charge in [0.25, 0.3) is 0 Å². The average molecular weight is 366 g/mol. The van der Waals surface area contributed by atoms with Gasteiger partial charge < -0.3 is 4.74 Å². The average Bonchev–Trinajstić information content (AvgIpc) is 3.13. The van der Waals surface area contributed by atoms with Crippen molar-refractivity contribution in [3.63, 3.8) is 0 Å². The molecule has 0 N–H and O–H groups in total. The molecule has 0 aliphatic rings. The van der Waals surface area contributed by atoms with Crippen LogP contribution in [-0.4, -0.2) is 24.5 Å². The molecule has 2 aromatic carbocycles. The molecule has 134 valence electrons. The Morgan fingerprint density at radius 2 is 1.81 bits per heavy atom. The van der Waals surface area contributed by atoms with Crippen molar-refractivity contribution in [3.8, 4) is 17.0 Å². The van der Waals surface area contributed by atoms with Crippen molar-refractivity contribution in [2.45, 2.75) is 20.3 Å². The van der Waals surface area contributed by atoms with Crippen LogP contribution in [0.4, 0.5) is 5.13 Å². The Balaban J connectivity index is 1.75. The van der Waals surface area contributed by atoms with E-state index in [0.717, 1.165) is 27.7 Å². The normalized spacial score (nSPS) is 10.6. The van der Waals surface area contributed by atoms with E-state index in [1.807, 2.05) is 36.6 Å². The Bertz CT molecular complexity index is 870. The summed E-state index contributed by atoms with van der Waals surface area (Å²) in [7, 11) is 1.63. The van der Waals surface area contributed by atoms with Gasteiger partial charge in [-0.1, -0.05) is 42.0 Å². The van der Waals surface area contributed by atoms with Crippen molar-refractivity contribution < 1.29 is 9.53 Å². The summed E-state index contributed by atoms with van der Waals surface area (Å²) in [6.45, 7) is 4.63. The number of likely N-dealkylation sites (N-methyl/N-ethyl adjacent to an activating group) is 1. The first-order valence-corrected chi connectivity index (χ1v) is 9.44. The Hall–Kier alpha value is -2.66. The second-order valence-corrected chi connectivity index (χ2v) is 6.88. The predicted octanol–water partition coefficient (Wildman–Crippen LogP) is 4.72. The summed E-state index contributed by atoms with van der Waals surface area (Å²) in [4.78, 5) is 19.2. The van der Waals surface area contributed by atoms with Crippen LogP contribution >= 0.6 is 11.3 Å². The number of benzene rings is 2. The fourth-order valence-corrected chi connectivity index (χ4v) is 3.59. The molecule has 3 rings (SSSR count). The maximum Gasteiger partial charge on any atom is 0.233 e. The Morgan fingerprint density at radius 3 is 2.42 bits per heavy atom. The zero-order chi connectivity index (χ0) is 18.5. The van der Waals surface area contributed by atoms with Crippen molar-refractivity contribution in [1.29, 1.82) is 0 Å². The lowest BCUT2D eigenvalue weighted by molar-refractivity contribution is -0.117. The van der Waals surface area contributed by atoms with E-state index in [4.69, 9.17) is 4.74 Å². The summed E-state index contributed by atoms with van der Waals surface area (Å²) in [6.07, 6.45) is 0.345. The van der Waals surface area contributed by atoms with E-state index in [9.17, 15) is 4.79 Å². The van der Waals surface area contributed by atoms with Crippen molar-refractivity contribution in [3.05, 3.63) is 65.0 Å². The number of methoxy groups -OCH3 is 1. The molecule has 0 spiro atoms. The van der Waals surface area contributed by atoms with E-state index in [1.54, 1.807) is 12.0 Å². The topological polar surface area (TPSA) is 42.4 Å². The molecule has 0 fully saturated rings. The van der Waals surface area contributed by atoms with Crippen LogP contribution in [0.1, 0.15) is 18.1 Å². The molecule has 0 bridgehead atoms. The summed E-state index contributed by atoms with van der Waals surface area (Å²) in [5.74, 6) is 0.832. The fourth-order valence-electron chi connectivity index (χ4n) is 2.68. The van der Waals surface area contributed by atoms with Crippen LogP contribution in [0.2, 0.25) is 0 Å². The highest BCUT2D eigenvalue weighted by molar-refractivity contribution is 7.14. The van der Waals surface area contributed by atoms with E-state index in [-0.39, 0.29) is 5.91 Å². The summed E-state index contributed by atoms with van der Waals surface area (Å²) in [5, 5.41) is 2.74. The fraction of sp³-hybridized carbons (Fsp3) is 0.238. The summed E-state index contributed by atoms with van der Waals surface area (Å²) >= 11 is 1.50.